The van der Waals surface area contributed by atoms with E-state index in [1.165, 1.54) is 0 Å². The molecule has 0 bridgehead atoms. The molecule has 2 amide bonds. The lowest BCUT2D eigenvalue weighted by atomic mass is 9.95. The molecule has 19 heavy (non-hydrogen) atoms. The van der Waals surface area contributed by atoms with Crippen LogP contribution in [0, 0.1) is 6.92 Å². The molecule has 0 spiro atoms. The monoisotopic (exact) mass is 254 g/mol. The van der Waals surface area contributed by atoms with Gasteiger partial charge in [-0.1, -0.05) is 48.5 Å². The van der Waals surface area contributed by atoms with E-state index in [9.17, 15) is 4.79 Å². The molecule has 2 N–H and O–H groups in total. The van der Waals surface area contributed by atoms with Crippen LogP contribution in [-0.4, -0.2) is 6.03 Å². The van der Waals surface area contributed by atoms with E-state index in [4.69, 9.17) is 4.84 Å². The number of hydrogen-bond acceptors (Lipinski definition) is 2. The van der Waals surface area contributed by atoms with Gasteiger partial charge in [0, 0.05) is 5.56 Å². The van der Waals surface area contributed by atoms with Gasteiger partial charge in [-0.2, -0.15) is 0 Å². The number of hydrogen-bond donors (Lipinski definition) is 2. The number of amides is 2. The fourth-order valence-electron chi connectivity index (χ4n) is 2.32. The van der Waals surface area contributed by atoms with Crippen LogP contribution in [0.2, 0.25) is 0 Å². The summed E-state index contributed by atoms with van der Waals surface area (Å²) in [5.41, 5.74) is 6.55. The number of benzene rings is 2. The van der Waals surface area contributed by atoms with Crippen LogP contribution in [0.5, 0.6) is 0 Å². The van der Waals surface area contributed by atoms with E-state index >= 15 is 0 Å². The minimum Gasteiger partial charge on any atom is -0.305 e. The van der Waals surface area contributed by atoms with Gasteiger partial charge in [-0.15, -0.1) is 0 Å². The number of aryl methyl sites for hydroxylation is 1. The van der Waals surface area contributed by atoms with E-state index in [-0.39, 0.29) is 6.03 Å². The predicted molar refractivity (Wildman–Crippen MR) is 72.1 cm³/mol. The van der Waals surface area contributed by atoms with Crippen LogP contribution >= 0.6 is 0 Å². The largest absolute Gasteiger partial charge is 0.341 e. The highest BCUT2D eigenvalue weighted by Gasteiger charge is 2.26. The van der Waals surface area contributed by atoms with Crippen molar-refractivity contribution in [2.24, 2.45) is 0 Å². The molecule has 1 fully saturated rings. The van der Waals surface area contributed by atoms with Crippen LogP contribution in [0.25, 0.3) is 11.1 Å². The van der Waals surface area contributed by atoms with Crippen LogP contribution in [0.15, 0.2) is 48.5 Å². The van der Waals surface area contributed by atoms with Crippen LogP contribution in [0.3, 0.4) is 0 Å². The summed E-state index contributed by atoms with van der Waals surface area (Å²) in [5.74, 6) is 0. The molecule has 1 aliphatic heterocycles. The van der Waals surface area contributed by atoms with Crippen molar-refractivity contribution in [2.75, 3.05) is 0 Å². The van der Waals surface area contributed by atoms with Gasteiger partial charge < -0.3 is 5.32 Å². The molecular formula is C15H14N2O2. The Kier molecular flexibility index (Phi) is 2.93. The molecule has 4 heteroatoms. The van der Waals surface area contributed by atoms with Crippen LogP contribution in [-0.2, 0) is 4.84 Å². The first kappa shape index (κ1) is 11.7. The number of hydroxylamine groups is 1. The summed E-state index contributed by atoms with van der Waals surface area (Å²) >= 11 is 0. The first-order valence-corrected chi connectivity index (χ1v) is 6.13. The fraction of sp³-hybridized carbons (Fsp3) is 0.133. The van der Waals surface area contributed by atoms with E-state index in [0.717, 1.165) is 22.3 Å². The van der Waals surface area contributed by atoms with Crippen molar-refractivity contribution in [1.29, 1.82) is 0 Å². The lowest BCUT2D eigenvalue weighted by molar-refractivity contribution is 0.0325. The SMILES string of the molecule is Cc1cccc(-c2ccccc2)c1C1NC(=O)NO1. The molecule has 0 aliphatic carbocycles. The van der Waals surface area contributed by atoms with E-state index in [2.05, 4.69) is 10.8 Å². The normalized spacial score (nSPS) is 17.9. The molecular weight excluding hydrogens is 240 g/mol. The Morgan fingerprint density at radius 1 is 1.05 bits per heavy atom. The second-order valence-corrected chi connectivity index (χ2v) is 4.48. The first-order valence-electron chi connectivity index (χ1n) is 6.13. The molecule has 1 heterocycles. The second-order valence-electron chi connectivity index (χ2n) is 4.48. The zero-order valence-electron chi connectivity index (χ0n) is 10.5. The summed E-state index contributed by atoms with van der Waals surface area (Å²) in [6.07, 6.45) is -0.455. The molecule has 0 radical (unpaired) electrons. The zero-order chi connectivity index (χ0) is 13.2. The molecule has 1 saturated heterocycles. The summed E-state index contributed by atoms with van der Waals surface area (Å²) in [4.78, 5) is 16.5. The minimum absolute atomic E-state index is 0.313. The maximum atomic E-state index is 11.2. The molecule has 3 rings (SSSR count). The van der Waals surface area contributed by atoms with Crippen molar-refractivity contribution < 1.29 is 9.63 Å². The number of rotatable bonds is 2. The Bertz CT molecular complexity index is 611. The third-order valence-corrected chi connectivity index (χ3v) is 3.20. The maximum Gasteiger partial charge on any atom is 0.341 e. The lowest BCUT2D eigenvalue weighted by Gasteiger charge is -2.16. The highest BCUT2D eigenvalue weighted by Crippen LogP contribution is 2.32. The Hall–Kier alpha value is -2.33. The van der Waals surface area contributed by atoms with Gasteiger partial charge in [0.15, 0.2) is 6.23 Å². The molecule has 1 aliphatic rings. The highest BCUT2D eigenvalue weighted by atomic mass is 16.7. The van der Waals surface area contributed by atoms with E-state index in [1.54, 1.807) is 0 Å². The Morgan fingerprint density at radius 2 is 1.84 bits per heavy atom. The number of nitrogens with one attached hydrogen (secondary N) is 2. The smallest absolute Gasteiger partial charge is 0.305 e. The summed E-state index contributed by atoms with van der Waals surface area (Å²) in [7, 11) is 0. The maximum absolute atomic E-state index is 11.2. The summed E-state index contributed by atoms with van der Waals surface area (Å²) in [6, 6.07) is 15.8. The van der Waals surface area contributed by atoms with Crippen molar-refractivity contribution >= 4 is 6.03 Å². The topological polar surface area (TPSA) is 50.4 Å². The summed E-state index contributed by atoms with van der Waals surface area (Å²) < 4.78 is 0. The zero-order valence-corrected chi connectivity index (χ0v) is 10.5. The molecule has 1 atom stereocenters. The first-order chi connectivity index (χ1) is 9.25. The van der Waals surface area contributed by atoms with Gasteiger partial charge in [0.1, 0.15) is 0 Å². The predicted octanol–water partition coefficient (Wildman–Crippen LogP) is 2.91. The van der Waals surface area contributed by atoms with E-state index < -0.39 is 6.23 Å². The summed E-state index contributed by atoms with van der Waals surface area (Å²) in [6.45, 7) is 2.01. The molecule has 2 aromatic carbocycles. The van der Waals surface area contributed by atoms with Gasteiger partial charge in [-0.05, 0) is 23.6 Å². The third-order valence-electron chi connectivity index (χ3n) is 3.20. The van der Waals surface area contributed by atoms with Crippen LogP contribution < -0.4 is 10.8 Å². The van der Waals surface area contributed by atoms with E-state index in [1.807, 2.05) is 55.5 Å². The average Bonchev–Trinajstić information content (AvgIpc) is 2.86. The standard InChI is InChI=1S/C15H14N2O2/c1-10-6-5-9-12(11-7-3-2-4-8-11)13(10)14-16-15(18)17-19-14/h2-9,14H,1H3,(H2,16,17,18). The van der Waals surface area contributed by atoms with Gasteiger partial charge in [-0.25, -0.2) is 15.1 Å². The Balaban J connectivity index is 2.10. The molecule has 2 aromatic rings. The van der Waals surface area contributed by atoms with Crippen molar-refractivity contribution in [2.45, 2.75) is 13.2 Å². The van der Waals surface area contributed by atoms with Gasteiger partial charge >= 0.3 is 6.03 Å². The van der Waals surface area contributed by atoms with Gasteiger partial charge in [-0.3, -0.25) is 0 Å². The number of carbonyl (C=O) groups is 1. The Labute approximate surface area is 111 Å². The van der Waals surface area contributed by atoms with Gasteiger partial charge in [0.2, 0.25) is 0 Å². The molecule has 0 aromatic heterocycles. The van der Waals surface area contributed by atoms with Gasteiger partial charge in [0.25, 0.3) is 0 Å². The van der Waals surface area contributed by atoms with Crippen molar-refractivity contribution in [3.63, 3.8) is 0 Å². The summed E-state index contributed by atoms with van der Waals surface area (Å²) in [5, 5.41) is 2.75. The molecule has 4 nitrogen and oxygen atoms in total. The van der Waals surface area contributed by atoms with Crippen molar-refractivity contribution in [1.82, 2.24) is 10.8 Å². The molecule has 96 valence electrons. The molecule has 1 unspecified atom stereocenters. The average molecular weight is 254 g/mol. The number of carbonyl (C=O) groups excluding carboxylic acids is 1. The Morgan fingerprint density at radius 3 is 2.53 bits per heavy atom. The number of urea groups is 1. The molecule has 0 saturated carbocycles. The van der Waals surface area contributed by atoms with Crippen molar-refractivity contribution in [3.8, 4) is 11.1 Å². The van der Waals surface area contributed by atoms with E-state index in [0.29, 0.717) is 0 Å². The van der Waals surface area contributed by atoms with Crippen LogP contribution in [0.4, 0.5) is 4.79 Å². The van der Waals surface area contributed by atoms with Gasteiger partial charge in [0.05, 0.1) is 0 Å². The second kappa shape index (κ2) is 4.74. The lowest BCUT2D eigenvalue weighted by Crippen LogP contribution is -2.22. The quantitative estimate of drug-likeness (QED) is 0.865. The van der Waals surface area contributed by atoms with Crippen molar-refractivity contribution in [3.05, 3.63) is 59.7 Å². The highest BCUT2D eigenvalue weighted by molar-refractivity contribution is 5.76. The fourth-order valence-corrected chi connectivity index (χ4v) is 2.32. The third kappa shape index (κ3) is 2.18. The van der Waals surface area contributed by atoms with Crippen LogP contribution in [0.1, 0.15) is 17.4 Å². The minimum atomic E-state index is -0.455.